The topological polar surface area (TPSA) is 110 Å². The number of urea groups is 1. The van der Waals surface area contributed by atoms with Crippen LogP contribution in [0.3, 0.4) is 0 Å². The third kappa shape index (κ3) is 5.13. The van der Waals surface area contributed by atoms with Crippen LogP contribution in [0.2, 0.25) is 0 Å². The highest BCUT2D eigenvalue weighted by molar-refractivity contribution is 5.89. The molecular weight excluding hydrogens is 398 g/mol. The summed E-state index contributed by atoms with van der Waals surface area (Å²) in [6.45, 7) is 2.98. The van der Waals surface area contributed by atoms with Gasteiger partial charge in [-0.1, -0.05) is 24.3 Å². The summed E-state index contributed by atoms with van der Waals surface area (Å²) in [5.41, 5.74) is 0.697. The summed E-state index contributed by atoms with van der Waals surface area (Å²) in [6, 6.07) is 14.4. The molecule has 0 radical (unpaired) electrons. The molecule has 1 aromatic heterocycles. The summed E-state index contributed by atoms with van der Waals surface area (Å²) in [5.74, 6) is 0.939. The van der Waals surface area contributed by atoms with E-state index in [2.05, 4.69) is 25.4 Å². The second-order valence-corrected chi connectivity index (χ2v) is 7.79. The molecule has 4 rings (SSSR count). The SMILES string of the molecule is O=C(NC[C@H]1O[C@@H](CO)[C@@H](O)[C@H]1N1CCN(c2ccccn2)CC1)Nc1ccccc1. The maximum atomic E-state index is 12.3. The Labute approximate surface area is 181 Å². The Kier molecular flexibility index (Phi) is 6.98. The number of ether oxygens (including phenoxy) is 1. The zero-order valence-electron chi connectivity index (χ0n) is 17.3. The predicted octanol–water partition coefficient (Wildman–Crippen LogP) is 0.514. The third-order valence-corrected chi connectivity index (χ3v) is 5.85. The van der Waals surface area contributed by atoms with Crippen molar-refractivity contribution in [2.24, 2.45) is 0 Å². The summed E-state index contributed by atoms with van der Waals surface area (Å²) in [5, 5.41) is 26.0. The fourth-order valence-corrected chi connectivity index (χ4v) is 4.28. The summed E-state index contributed by atoms with van der Waals surface area (Å²) >= 11 is 0. The van der Waals surface area contributed by atoms with Crippen molar-refractivity contribution in [1.29, 1.82) is 0 Å². The van der Waals surface area contributed by atoms with Crippen LogP contribution in [0.15, 0.2) is 54.7 Å². The molecule has 2 saturated heterocycles. The van der Waals surface area contributed by atoms with Gasteiger partial charge in [0.15, 0.2) is 0 Å². The summed E-state index contributed by atoms with van der Waals surface area (Å²) < 4.78 is 5.89. The van der Waals surface area contributed by atoms with E-state index in [1.165, 1.54) is 0 Å². The van der Waals surface area contributed by atoms with E-state index in [9.17, 15) is 15.0 Å². The first-order valence-corrected chi connectivity index (χ1v) is 10.6. The van der Waals surface area contributed by atoms with Crippen LogP contribution in [0.4, 0.5) is 16.3 Å². The van der Waals surface area contributed by atoms with Gasteiger partial charge < -0.3 is 30.5 Å². The molecule has 2 amide bonds. The van der Waals surface area contributed by atoms with Crippen molar-refractivity contribution in [3.8, 4) is 0 Å². The van der Waals surface area contributed by atoms with Gasteiger partial charge in [-0.2, -0.15) is 0 Å². The number of amides is 2. The van der Waals surface area contributed by atoms with Crippen molar-refractivity contribution >= 4 is 17.5 Å². The molecule has 4 atom stereocenters. The van der Waals surface area contributed by atoms with Crippen LogP contribution in [0.5, 0.6) is 0 Å². The number of rotatable bonds is 6. The molecule has 1 aromatic carbocycles. The van der Waals surface area contributed by atoms with E-state index in [1.807, 2.05) is 36.4 Å². The number of carbonyl (C=O) groups is 1. The van der Waals surface area contributed by atoms with Gasteiger partial charge in [-0.25, -0.2) is 9.78 Å². The van der Waals surface area contributed by atoms with Crippen LogP contribution < -0.4 is 15.5 Å². The first-order chi connectivity index (χ1) is 15.2. The van der Waals surface area contributed by atoms with Crippen molar-refractivity contribution < 1.29 is 19.7 Å². The number of aromatic nitrogens is 1. The Morgan fingerprint density at radius 3 is 2.48 bits per heavy atom. The second kappa shape index (κ2) is 10.1. The Hall–Kier alpha value is -2.72. The Bertz CT molecular complexity index is 832. The lowest BCUT2D eigenvalue weighted by molar-refractivity contribution is -0.0205. The van der Waals surface area contributed by atoms with Gasteiger partial charge in [-0.05, 0) is 24.3 Å². The largest absolute Gasteiger partial charge is 0.394 e. The fourth-order valence-electron chi connectivity index (χ4n) is 4.28. The second-order valence-electron chi connectivity index (χ2n) is 7.79. The normalized spacial score (nSPS) is 26.6. The van der Waals surface area contributed by atoms with Gasteiger partial charge in [0, 0.05) is 44.6 Å². The summed E-state index contributed by atoms with van der Waals surface area (Å²) in [7, 11) is 0. The molecule has 9 heteroatoms. The van der Waals surface area contributed by atoms with Gasteiger partial charge in [-0.15, -0.1) is 0 Å². The van der Waals surface area contributed by atoms with E-state index in [1.54, 1.807) is 18.3 Å². The van der Waals surface area contributed by atoms with Crippen LogP contribution in [0.25, 0.3) is 0 Å². The van der Waals surface area contributed by atoms with Gasteiger partial charge in [0.25, 0.3) is 0 Å². The molecule has 0 bridgehead atoms. The standard InChI is InChI=1S/C22H29N5O4/c28-15-18-21(29)20(27-12-10-26(11-13-27)19-8-4-5-9-23-19)17(31-18)14-24-22(30)25-16-6-2-1-3-7-16/h1-9,17-18,20-21,28-29H,10-15H2,(H2,24,25,30)/t17-,18+,20+,21-/m1/s1. The van der Waals surface area contributed by atoms with Crippen molar-refractivity contribution in [3.63, 3.8) is 0 Å². The molecule has 0 unspecified atom stereocenters. The van der Waals surface area contributed by atoms with Gasteiger partial charge in [0.05, 0.1) is 18.8 Å². The van der Waals surface area contributed by atoms with Crippen LogP contribution >= 0.6 is 0 Å². The lowest BCUT2D eigenvalue weighted by Crippen LogP contribution is -2.57. The first-order valence-electron chi connectivity index (χ1n) is 10.6. The molecule has 4 N–H and O–H groups in total. The molecule has 0 saturated carbocycles. The van der Waals surface area contributed by atoms with Crippen LogP contribution in [0, 0.1) is 0 Å². The van der Waals surface area contributed by atoms with Crippen molar-refractivity contribution in [3.05, 3.63) is 54.7 Å². The highest BCUT2D eigenvalue weighted by atomic mass is 16.5. The molecule has 166 valence electrons. The molecule has 2 aromatic rings. The first kappa shape index (κ1) is 21.5. The number of aliphatic hydroxyl groups excluding tert-OH is 2. The van der Waals surface area contributed by atoms with E-state index in [0.717, 1.165) is 32.0 Å². The minimum absolute atomic E-state index is 0.233. The average Bonchev–Trinajstić information content (AvgIpc) is 3.14. The molecule has 31 heavy (non-hydrogen) atoms. The molecule has 9 nitrogen and oxygen atoms in total. The van der Waals surface area contributed by atoms with Crippen LogP contribution in [-0.4, -0.2) is 89.8 Å². The van der Waals surface area contributed by atoms with Crippen LogP contribution in [0.1, 0.15) is 0 Å². The van der Waals surface area contributed by atoms with Gasteiger partial charge >= 0.3 is 6.03 Å². The number of aliphatic hydroxyl groups is 2. The Morgan fingerprint density at radius 1 is 1.06 bits per heavy atom. The molecule has 2 aliphatic heterocycles. The van der Waals surface area contributed by atoms with Gasteiger partial charge in [0.1, 0.15) is 18.0 Å². The number of piperazine rings is 1. The summed E-state index contributed by atoms with van der Waals surface area (Å²) in [4.78, 5) is 21.1. The molecule has 0 aliphatic carbocycles. The fraction of sp³-hybridized carbons (Fsp3) is 0.455. The predicted molar refractivity (Wildman–Crippen MR) is 117 cm³/mol. The zero-order valence-corrected chi connectivity index (χ0v) is 17.3. The maximum Gasteiger partial charge on any atom is 0.319 e. The lowest BCUT2D eigenvalue weighted by atomic mass is 10.0. The molecular formula is C22H29N5O4. The number of benzene rings is 1. The smallest absolute Gasteiger partial charge is 0.319 e. The lowest BCUT2D eigenvalue weighted by Gasteiger charge is -2.40. The van der Waals surface area contributed by atoms with Crippen molar-refractivity contribution in [1.82, 2.24) is 15.2 Å². The van der Waals surface area contributed by atoms with E-state index in [0.29, 0.717) is 5.69 Å². The molecule has 2 fully saturated rings. The quantitative estimate of drug-likeness (QED) is 0.532. The number of anilines is 2. The van der Waals surface area contributed by atoms with Crippen molar-refractivity contribution in [2.45, 2.75) is 24.4 Å². The van der Waals surface area contributed by atoms with E-state index in [4.69, 9.17) is 4.74 Å². The molecule has 0 spiro atoms. The van der Waals surface area contributed by atoms with E-state index >= 15 is 0 Å². The number of hydrogen-bond acceptors (Lipinski definition) is 7. The molecule has 3 heterocycles. The van der Waals surface area contributed by atoms with E-state index in [-0.39, 0.29) is 25.2 Å². The average molecular weight is 428 g/mol. The minimum Gasteiger partial charge on any atom is -0.394 e. The maximum absolute atomic E-state index is 12.3. The third-order valence-electron chi connectivity index (χ3n) is 5.85. The highest BCUT2D eigenvalue weighted by Crippen LogP contribution is 2.27. The van der Waals surface area contributed by atoms with Gasteiger partial charge in [-0.3, -0.25) is 4.90 Å². The monoisotopic (exact) mass is 427 g/mol. The number of carbonyl (C=O) groups excluding carboxylic acids is 1. The van der Waals surface area contributed by atoms with Crippen molar-refractivity contribution in [2.75, 3.05) is 49.5 Å². The highest BCUT2D eigenvalue weighted by Gasteiger charge is 2.46. The zero-order chi connectivity index (χ0) is 21.6. The minimum atomic E-state index is -0.824. The summed E-state index contributed by atoms with van der Waals surface area (Å²) in [6.07, 6.45) is -0.127. The number of para-hydroxylation sites is 1. The number of pyridine rings is 1. The number of hydrogen-bond donors (Lipinski definition) is 4. The molecule has 2 aliphatic rings. The van der Waals surface area contributed by atoms with E-state index < -0.39 is 18.3 Å². The number of nitrogens with one attached hydrogen (secondary N) is 2. The Balaban J connectivity index is 1.35. The Morgan fingerprint density at radius 2 is 1.81 bits per heavy atom. The number of nitrogens with zero attached hydrogens (tertiary/aromatic N) is 3. The van der Waals surface area contributed by atoms with Crippen LogP contribution in [-0.2, 0) is 4.74 Å². The van der Waals surface area contributed by atoms with Gasteiger partial charge in [0.2, 0.25) is 0 Å².